The summed E-state index contributed by atoms with van der Waals surface area (Å²) in [7, 11) is -4.31. The monoisotopic (exact) mass is 566 g/mol. The SMILES string of the molecule is CCCNC(=O)C(CC)N(Cc1cccc(C)c1)C(=O)CN(c1cccc([N+](=O)[O-])c1)S(=O)(=O)c1ccccc1. The molecule has 1 unspecified atom stereocenters. The standard InChI is InChI=1S/C29H34N4O6S/c1-4-17-30-29(35)27(5-2)31(20-23-12-9-11-22(3)18-23)28(34)21-32(24-13-10-14-25(19-24)33(36)37)40(38,39)26-15-7-6-8-16-26/h6-16,18-19,27H,4-5,17,20-21H2,1-3H3,(H,30,35). The zero-order valence-corrected chi connectivity index (χ0v) is 23.6. The summed E-state index contributed by atoms with van der Waals surface area (Å²) in [6, 6.07) is 19.3. The van der Waals surface area contributed by atoms with Gasteiger partial charge in [-0.05, 0) is 43.5 Å². The second-order valence-electron chi connectivity index (χ2n) is 9.33. The second kappa shape index (κ2) is 13.7. The molecule has 40 heavy (non-hydrogen) atoms. The summed E-state index contributed by atoms with van der Waals surface area (Å²) in [6.45, 7) is 5.46. The number of aryl methyl sites for hydroxylation is 1. The van der Waals surface area contributed by atoms with Crippen molar-refractivity contribution in [2.24, 2.45) is 0 Å². The summed E-state index contributed by atoms with van der Waals surface area (Å²) in [5.41, 5.74) is 1.40. The lowest BCUT2D eigenvalue weighted by Crippen LogP contribution is -2.52. The van der Waals surface area contributed by atoms with Crippen LogP contribution in [0.2, 0.25) is 0 Å². The molecule has 0 saturated heterocycles. The van der Waals surface area contributed by atoms with E-state index in [1.807, 2.05) is 38.1 Å². The molecule has 0 aliphatic rings. The predicted octanol–water partition coefficient (Wildman–Crippen LogP) is 4.43. The minimum Gasteiger partial charge on any atom is -0.354 e. The topological polar surface area (TPSA) is 130 Å². The molecule has 1 N–H and O–H groups in total. The van der Waals surface area contributed by atoms with Crippen LogP contribution < -0.4 is 9.62 Å². The molecular weight excluding hydrogens is 532 g/mol. The molecule has 0 heterocycles. The van der Waals surface area contributed by atoms with Gasteiger partial charge in [0.2, 0.25) is 11.8 Å². The molecule has 3 rings (SSSR count). The number of non-ortho nitro benzene ring substituents is 1. The molecule has 11 heteroatoms. The van der Waals surface area contributed by atoms with E-state index in [-0.39, 0.29) is 28.7 Å². The first-order valence-corrected chi connectivity index (χ1v) is 14.5. The highest BCUT2D eigenvalue weighted by atomic mass is 32.2. The number of nitrogens with one attached hydrogen (secondary N) is 1. The Balaban J connectivity index is 2.08. The van der Waals surface area contributed by atoms with Crippen molar-refractivity contribution < 1.29 is 22.9 Å². The average Bonchev–Trinajstić information content (AvgIpc) is 2.95. The molecule has 3 aromatic rings. The predicted molar refractivity (Wildman–Crippen MR) is 153 cm³/mol. The summed E-state index contributed by atoms with van der Waals surface area (Å²) < 4.78 is 28.5. The van der Waals surface area contributed by atoms with E-state index in [0.29, 0.717) is 19.4 Å². The molecule has 0 aliphatic heterocycles. The Morgan fingerprint density at radius 3 is 2.30 bits per heavy atom. The maximum Gasteiger partial charge on any atom is 0.271 e. The van der Waals surface area contributed by atoms with Crippen molar-refractivity contribution in [1.29, 1.82) is 0 Å². The van der Waals surface area contributed by atoms with Crippen LogP contribution in [0.4, 0.5) is 11.4 Å². The number of nitro groups is 1. The molecule has 0 saturated carbocycles. The summed E-state index contributed by atoms with van der Waals surface area (Å²) >= 11 is 0. The normalized spacial score (nSPS) is 11.9. The highest BCUT2D eigenvalue weighted by molar-refractivity contribution is 7.92. The van der Waals surface area contributed by atoms with Crippen LogP contribution in [-0.2, 0) is 26.2 Å². The number of amides is 2. The number of carbonyl (C=O) groups excluding carboxylic acids is 2. The van der Waals surface area contributed by atoms with Crippen LogP contribution in [0, 0.1) is 17.0 Å². The third-order valence-corrected chi connectivity index (χ3v) is 8.10. The fourth-order valence-corrected chi connectivity index (χ4v) is 5.73. The van der Waals surface area contributed by atoms with Gasteiger partial charge in [0, 0.05) is 25.2 Å². The smallest absolute Gasteiger partial charge is 0.271 e. The Hall–Kier alpha value is -4.25. The van der Waals surface area contributed by atoms with Crippen molar-refractivity contribution in [3.05, 3.63) is 100 Å². The minimum atomic E-state index is -4.31. The third kappa shape index (κ3) is 7.44. The van der Waals surface area contributed by atoms with Crippen molar-refractivity contribution >= 4 is 33.2 Å². The lowest BCUT2D eigenvalue weighted by Gasteiger charge is -2.33. The van der Waals surface area contributed by atoms with Crippen molar-refractivity contribution in [2.45, 2.75) is 51.1 Å². The first-order valence-electron chi connectivity index (χ1n) is 13.0. The third-order valence-electron chi connectivity index (χ3n) is 6.31. The molecule has 3 aromatic carbocycles. The van der Waals surface area contributed by atoms with Gasteiger partial charge in [0.05, 0.1) is 15.5 Å². The number of sulfonamides is 1. The van der Waals surface area contributed by atoms with Gasteiger partial charge in [-0.25, -0.2) is 8.42 Å². The van der Waals surface area contributed by atoms with E-state index in [9.17, 15) is 28.1 Å². The van der Waals surface area contributed by atoms with E-state index in [4.69, 9.17) is 0 Å². The molecule has 0 spiro atoms. The highest BCUT2D eigenvalue weighted by Gasteiger charge is 2.34. The van der Waals surface area contributed by atoms with E-state index in [2.05, 4.69) is 5.32 Å². The van der Waals surface area contributed by atoms with Gasteiger partial charge in [0.15, 0.2) is 0 Å². The number of nitro benzene ring substituents is 1. The molecule has 0 radical (unpaired) electrons. The fourth-order valence-electron chi connectivity index (χ4n) is 4.30. The Morgan fingerprint density at radius 2 is 1.68 bits per heavy atom. The molecule has 1 atom stereocenters. The molecule has 0 fully saturated rings. The minimum absolute atomic E-state index is 0.0367. The number of hydrogen-bond acceptors (Lipinski definition) is 6. The Kier molecular flexibility index (Phi) is 10.4. The molecular formula is C29H34N4O6S. The van der Waals surface area contributed by atoms with E-state index >= 15 is 0 Å². The zero-order chi connectivity index (χ0) is 29.3. The molecule has 2 amide bonds. The first-order chi connectivity index (χ1) is 19.1. The Morgan fingerprint density at radius 1 is 0.975 bits per heavy atom. The molecule has 0 bridgehead atoms. The number of nitrogens with zero attached hydrogens (tertiary/aromatic N) is 3. The largest absolute Gasteiger partial charge is 0.354 e. The molecule has 0 aromatic heterocycles. The number of carbonyl (C=O) groups is 2. The van der Waals surface area contributed by atoms with E-state index in [1.54, 1.807) is 25.1 Å². The van der Waals surface area contributed by atoms with Gasteiger partial charge in [-0.2, -0.15) is 0 Å². The Labute approximate surface area is 234 Å². The lowest BCUT2D eigenvalue weighted by molar-refractivity contribution is -0.384. The van der Waals surface area contributed by atoms with Crippen LogP contribution in [0.1, 0.15) is 37.8 Å². The number of rotatable bonds is 13. The molecule has 10 nitrogen and oxygen atoms in total. The summed E-state index contributed by atoms with van der Waals surface area (Å²) in [6.07, 6.45) is 1.01. The van der Waals surface area contributed by atoms with Crippen molar-refractivity contribution in [2.75, 3.05) is 17.4 Å². The summed E-state index contributed by atoms with van der Waals surface area (Å²) in [4.78, 5) is 39.3. The highest BCUT2D eigenvalue weighted by Crippen LogP contribution is 2.27. The van der Waals surface area contributed by atoms with Crippen LogP contribution in [0.15, 0.2) is 83.8 Å². The fraction of sp³-hybridized carbons (Fsp3) is 0.310. The van der Waals surface area contributed by atoms with Crippen molar-refractivity contribution in [1.82, 2.24) is 10.2 Å². The number of benzene rings is 3. The quantitative estimate of drug-likeness (QED) is 0.241. The van der Waals surface area contributed by atoms with Crippen LogP contribution in [0.25, 0.3) is 0 Å². The van der Waals surface area contributed by atoms with Gasteiger partial charge >= 0.3 is 0 Å². The number of hydrogen-bond donors (Lipinski definition) is 1. The van der Waals surface area contributed by atoms with Gasteiger partial charge in [0.1, 0.15) is 12.6 Å². The van der Waals surface area contributed by atoms with Crippen molar-refractivity contribution in [3.8, 4) is 0 Å². The van der Waals surface area contributed by atoms with E-state index < -0.39 is 33.4 Å². The van der Waals surface area contributed by atoms with Gasteiger partial charge < -0.3 is 10.2 Å². The van der Waals surface area contributed by atoms with Crippen molar-refractivity contribution in [3.63, 3.8) is 0 Å². The molecule has 0 aliphatic carbocycles. The summed E-state index contributed by atoms with van der Waals surface area (Å²) in [5, 5.41) is 14.3. The van der Waals surface area contributed by atoms with Gasteiger partial charge in [0.25, 0.3) is 15.7 Å². The molecule has 212 valence electrons. The Bertz CT molecular complexity index is 1450. The first kappa shape index (κ1) is 30.3. The van der Waals surface area contributed by atoms with Crippen LogP contribution in [0.3, 0.4) is 0 Å². The van der Waals surface area contributed by atoms with Crippen LogP contribution in [0.5, 0.6) is 0 Å². The van der Waals surface area contributed by atoms with Gasteiger partial charge in [-0.3, -0.25) is 24.0 Å². The summed E-state index contributed by atoms with van der Waals surface area (Å²) in [5.74, 6) is -0.954. The second-order valence-corrected chi connectivity index (χ2v) is 11.2. The van der Waals surface area contributed by atoms with E-state index in [1.165, 1.54) is 35.2 Å². The average molecular weight is 567 g/mol. The van der Waals surface area contributed by atoms with Gasteiger partial charge in [-0.1, -0.05) is 67.9 Å². The van der Waals surface area contributed by atoms with Crippen LogP contribution >= 0.6 is 0 Å². The maximum atomic E-state index is 14.0. The lowest BCUT2D eigenvalue weighted by atomic mass is 10.1. The maximum absolute atomic E-state index is 14.0. The zero-order valence-electron chi connectivity index (χ0n) is 22.8. The van der Waals surface area contributed by atoms with E-state index in [0.717, 1.165) is 21.5 Å². The van der Waals surface area contributed by atoms with Gasteiger partial charge in [-0.15, -0.1) is 0 Å². The van der Waals surface area contributed by atoms with Crippen LogP contribution in [-0.4, -0.2) is 49.2 Å². The number of anilines is 1.